The van der Waals surface area contributed by atoms with Gasteiger partial charge in [-0.15, -0.1) is 0 Å². The summed E-state index contributed by atoms with van der Waals surface area (Å²) >= 11 is 0. The van der Waals surface area contributed by atoms with Crippen molar-refractivity contribution in [3.63, 3.8) is 0 Å². The number of carbonyl (C=O) groups is 3. The fraction of sp³-hybridized carbons (Fsp3) is 0.500. The number of carboxylic acids is 1. The Hall–Kier alpha value is -1.65. The van der Waals surface area contributed by atoms with Crippen LogP contribution in [0.25, 0.3) is 0 Å². The molecule has 0 aliphatic carbocycles. The molecular formula is C10H13NO4. The first kappa shape index (κ1) is 11.4. The molecule has 0 spiro atoms. The fourth-order valence-corrected chi connectivity index (χ4v) is 1.25. The maximum atomic E-state index is 11.5. The molecule has 2 amide bonds. The Morgan fingerprint density at radius 1 is 1.47 bits per heavy atom. The van der Waals surface area contributed by atoms with Crippen molar-refractivity contribution in [3.8, 4) is 0 Å². The van der Waals surface area contributed by atoms with Crippen LogP contribution in [0.3, 0.4) is 0 Å². The second kappa shape index (κ2) is 3.49. The van der Waals surface area contributed by atoms with Gasteiger partial charge in [-0.25, -0.2) is 0 Å². The van der Waals surface area contributed by atoms with Crippen molar-refractivity contribution in [2.45, 2.75) is 20.8 Å². The molecule has 82 valence electrons. The largest absolute Gasteiger partial charge is 0.481 e. The van der Waals surface area contributed by atoms with Crippen molar-refractivity contribution >= 4 is 17.8 Å². The van der Waals surface area contributed by atoms with Gasteiger partial charge in [0.15, 0.2) is 0 Å². The molecule has 15 heavy (non-hydrogen) atoms. The summed E-state index contributed by atoms with van der Waals surface area (Å²) in [6.45, 7) is 4.38. The minimum atomic E-state index is -1.12. The molecular weight excluding hydrogens is 198 g/mol. The number of carboxylic acid groups (broad SMARTS) is 1. The standard InChI is InChI=1S/C10H13NO4/c1-6-4-7(12)11(8(6)13)5-10(2,3)9(14)15/h4H,5H2,1-3H3,(H,14,15). The topological polar surface area (TPSA) is 74.7 Å². The van der Waals surface area contributed by atoms with Gasteiger partial charge in [-0.1, -0.05) is 0 Å². The zero-order valence-corrected chi connectivity index (χ0v) is 8.90. The van der Waals surface area contributed by atoms with Gasteiger partial charge in [0.2, 0.25) is 0 Å². The molecule has 0 unspecified atom stereocenters. The Kier molecular flexibility index (Phi) is 2.66. The van der Waals surface area contributed by atoms with Crippen LogP contribution < -0.4 is 0 Å². The normalized spacial score (nSPS) is 17.0. The van der Waals surface area contributed by atoms with Gasteiger partial charge in [0.05, 0.1) is 5.41 Å². The summed E-state index contributed by atoms with van der Waals surface area (Å²) in [5, 5.41) is 8.87. The van der Waals surface area contributed by atoms with Crippen molar-refractivity contribution in [2.75, 3.05) is 6.54 Å². The Balaban J connectivity index is 2.82. The van der Waals surface area contributed by atoms with E-state index in [9.17, 15) is 14.4 Å². The van der Waals surface area contributed by atoms with Gasteiger partial charge in [0.1, 0.15) is 0 Å². The van der Waals surface area contributed by atoms with Crippen molar-refractivity contribution in [2.24, 2.45) is 5.41 Å². The first-order valence-corrected chi connectivity index (χ1v) is 4.53. The quantitative estimate of drug-likeness (QED) is 0.686. The third-order valence-corrected chi connectivity index (χ3v) is 2.32. The molecule has 0 radical (unpaired) electrons. The number of aliphatic carboxylic acids is 1. The van der Waals surface area contributed by atoms with Crippen LogP contribution >= 0.6 is 0 Å². The first-order valence-electron chi connectivity index (χ1n) is 4.53. The van der Waals surface area contributed by atoms with Crippen molar-refractivity contribution in [3.05, 3.63) is 11.6 Å². The lowest BCUT2D eigenvalue weighted by atomic mass is 9.93. The first-order chi connectivity index (χ1) is 6.75. The molecule has 1 N–H and O–H groups in total. The summed E-state index contributed by atoms with van der Waals surface area (Å²) in [5.74, 6) is -1.88. The van der Waals surface area contributed by atoms with Crippen LogP contribution in [-0.2, 0) is 14.4 Å². The predicted octanol–water partition coefficient (Wildman–Crippen LogP) is 0.412. The Labute approximate surface area is 87.4 Å². The van der Waals surface area contributed by atoms with Crippen molar-refractivity contribution in [1.29, 1.82) is 0 Å². The van der Waals surface area contributed by atoms with E-state index in [1.807, 2.05) is 0 Å². The number of carbonyl (C=O) groups excluding carboxylic acids is 2. The molecule has 1 rings (SSSR count). The maximum absolute atomic E-state index is 11.5. The molecule has 1 heterocycles. The van der Waals surface area contributed by atoms with Gasteiger partial charge in [0.25, 0.3) is 11.8 Å². The van der Waals surface area contributed by atoms with Crippen LogP contribution in [0.2, 0.25) is 0 Å². The SMILES string of the molecule is CC1=CC(=O)N(CC(C)(C)C(=O)O)C1=O. The third kappa shape index (κ3) is 2.06. The molecule has 0 aromatic heterocycles. The number of amides is 2. The summed E-state index contributed by atoms with van der Waals surface area (Å²) < 4.78 is 0. The lowest BCUT2D eigenvalue weighted by Gasteiger charge is -2.24. The summed E-state index contributed by atoms with van der Waals surface area (Å²) in [7, 11) is 0. The zero-order valence-electron chi connectivity index (χ0n) is 8.90. The zero-order chi connectivity index (χ0) is 11.8. The van der Waals surface area contributed by atoms with Crippen LogP contribution in [0.1, 0.15) is 20.8 Å². The summed E-state index contributed by atoms with van der Waals surface area (Å²) in [5.41, 5.74) is -0.773. The Morgan fingerprint density at radius 3 is 2.33 bits per heavy atom. The van der Waals surface area contributed by atoms with E-state index in [1.165, 1.54) is 26.8 Å². The van der Waals surface area contributed by atoms with E-state index in [2.05, 4.69) is 0 Å². The van der Waals surface area contributed by atoms with Gasteiger partial charge in [-0.3, -0.25) is 19.3 Å². The van der Waals surface area contributed by atoms with Gasteiger partial charge in [0, 0.05) is 18.2 Å². The minimum absolute atomic E-state index is 0.103. The Bertz CT molecular complexity index is 368. The molecule has 0 saturated carbocycles. The molecule has 0 saturated heterocycles. The summed E-state index contributed by atoms with van der Waals surface area (Å²) in [6, 6.07) is 0. The lowest BCUT2D eigenvalue weighted by molar-refractivity contribution is -0.150. The van der Waals surface area contributed by atoms with Crippen LogP contribution in [0.15, 0.2) is 11.6 Å². The molecule has 0 aromatic carbocycles. The Morgan fingerprint density at radius 2 is 2.00 bits per heavy atom. The van der Waals surface area contributed by atoms with Gasteiger partial charge in [-0.2, -0.15) is 0 Å². The average molecular weight is 211 g/mol. The van der Waals surface area contributed by atoms with Crippen LogP contribution in [0.4, 0.5) is 0 Å². The molecule has 0 atom stereocenters. The van der Waals surface area contributed by atoms with E-state index in [0.717, 1.165) is 4.90 Å². The van der Waals surface area contributed by atoms with Gasteiger partial charge in [-0.05, 0) is 20.8 Å². The molecule has 1 aliphatic heterocycles. The molecule has 1 aliphatic rings. The molecule has 5 heteroatoms. The second-order valence-electron chi connectivity index (χ2n) is 4.25. The predicted molar refractivity (Wildman–Crippen MR) is 51.9 cm³/mol. The minimum Gasteiger partial charge on any atom is -0.481 e. The average Bonchev–Trinajstić information content (AvgIpc) is 2.32. The van der Waals surface area contributed by atoms with E-state index in [-0.39, 0.29) is 6.54 Å². The van der Waals surface area contributed by atoms with E-state index in [4.69, 9.17) is 5.11 Å². The highest BCUT2D eigenvalue weighted by Crippen LogP contribution is 2.21. The highest BCUT2D eigenvalue weighted by atomic mass is 16.4. The van der Waals surface area contributed by atoms with Crippen molar-refractivity contribution in [1.82, 2.24) is 4.90 Å². The molecule has 0 fully saturated rings. The summed E-state index contributed by atoms with van der Waals surface area (Å²) in [4.78, 5) is 34.6. The van der Waals surface area contributed by atoms with E-state index >= 15 is 0 Å². The second-order valence-corrected chi connectivity index (χ2v) is 4.25. The number of imide groups is 1. The van der Waals surface area contributed by atoms with E-state index < -0.39 is 23.2 Å². The third-order valence-electron chi connectivity index (χ3n) is 2.32. The van der Waals surface area contributed by atoms with E-state index in [0.29, 0.717) is 5.57 Å². The van der Waals surface area contributed by atoms with Gasteiger partial charge < -0.3 is 5.11 Å². The maximum Gasteiger partial charge on any atom is 0.310 e. The smallest absolute Gasteiger partial charge is 0.310 e. The fourth-order valence-electron chi connectivity index (χ4n) is 1.25. The number of rotatable bonds is 3. The van der Waals surface area contributed by atoms with Crippen LogP contribution in [0, 0.1) is 5.41 Å². The van der Waals surface area contributed by atoms with E-state index in [1.54, 1.807) is 0 Å². The molecule has 5 nitrogen and oxygen atoms in total. The lowest BCUT2D eigenvalue weighted by Crippen LogP contribution is -2.42. The van der Waals surface area contributed by atoms with Crippen molar-refractivity contribution < 1.29 is 19.5 Å². The highest BCUT2D eigenvalue weighted by Gasteiger charge is 2.37. The summed E-state index contributed by atoms with van der Waals surface area (Å²) in [6.07, 6.45) is 1.22. The molecule has 0 bridgehead atoms. The number of nitrogens with zero attached hydrogens (tertiary/aromatic N) is 1. The van der Waals surface area contributed by atoms with Crippen LogP contribution in [-0.4, -0.2) is 34.3 Å². The molecule has 0 aromatic rings. The highest BCUT2D eigenvalue weighted by molar-refractivity contribution is 6.16. The van der Waals surface area contributed by atoms with Crippen LogP contribution in [0.5, 0.6) is 0 Å². The monoisotopic (exact) mass is 211 g/mol. The van der Waals surface area contributed by atoms with Gasteiger partial charge >= 0.3 is 5.97 Å². The number of hydrogen-bond acceptors (Lipinski definition) is 3. The number of hydrogen-bond donors (Lipinski definition) is 1.